The highest BCUT2D eigenvalue weighted by Gasteiger charge is 2.40. The maximum atomic E-state index is 12.7. The van der Waals surface area contributed by atoms with Crippen molar-refractivity contribution in [3.05, 3.63) is 0 Å². The molecule has 0 aromatic heterocycles. The minimum absolute atomic E-state index is 0.0867. The fourth-order valence-electron chi connectivity index (χ4n) is 4.14. The summed E-state index contributed by atoms with van der Waals surface area (Å²) in [5.41, 5.74) is 0. The summed E-state index contributed by atoms with van der Waals surface area (Å²) in [6.07, 6.45) is 6.31. The van der Waals surface area contributed by atoms with Gasteiger partial charge in [0.15, 0.2) is 0 Å². The molecule has 1 amide bonds. The second kappa shape index (κ2) is 7.07. The minimum atomic E-state index is 0.0867. The Kier molecular flexibility index (Phi) is 5.14. The molecule has 0 spiro atoms. The van der Waals surface area contributed by atoms with Gasteiger partial charge < -0.3 is 15.0 Å². The number of nitrogens with zero attached hydrogens (tertiary/aromatic N) is 2. The van der Waals surface area contributed by atoms with Crippen LogP contribution in [0.1, 0.15) is 32.1 Å². The van der Waals surface area contributed by atoms with E-state index in [-0.39, 0.29) is 6.04 Å². The fraction of sp³-hybridized carbons (Fsp3) is 0.938. The van der Waals surface area contributed by atoms with Gasteiger partial charge in [0.1, 0.15) is 0 Å². The summed E-state index contributed by atoms with van der Waals surface area (Å²) in [5, 5.41) is 3.61. The minimum Gasteiger partial charge on any atom is -0.383 e. The van der Waals surface area contributed by atoms with Gasteiger partial charge >= 0.3 is 0 Å². The maximum Gasteiger partial charge on any atom is 0.239 e. The third-order valence-electron chi connectivity index (χ3n) is 5.46. The van der Waals surface area contributed by atoms with Crippen molar-refractivity contribution in [1.82, 2.24) is 15.1 Å². The van der Waals surface area contributed by atoms with Gasteiger partial charge in [0.2, 0.25) is 5.91 Å². The van der Waals surface area contributed by atoms with Crippen LogP contribution >= 0.6 is 0 Å². The molecule has 3 fully saturated rings. The molecule has 120 valence electrons. The topological polar surface area (TPSA) is 44.8 Å². The summed E-state index contributed by atoms with van der Waals surface area (Å²) in [6, 6.07) is 0.694. The van der Waals surface area contributed by atoms with Gasteiger partial charge in [0, 0.05) is 45.9 Å². The van der Waals surface area contributed by atoms with Crippen LogP contribution in [-0.2, 0) is 9.53 Å². The molecule has 0 bridgehead atoms. The highest BCUT2D eigenvalue weighted by Crippen LogP contribution is 2.33. The molecule has 3 rings (SSSR count). The molecule has 0 radical (unpaired) electrons. The molecule has 3 atom stereocenters. The molecule has 1 saturated carbocycles. The molecule has 2 heterocycles. The van der Waals surface area contributed by atoms with Gasteiger partial charge in [-0.3, -0.25) is 9.69 Å². The SMILES string of the molecule is COCCN1CCN(C(=O)C2CC3CCCCC3N2)CC1. The number of carbonyl (C=O) groups is 1. The Labute approximate surface area is 128 Å². The van der Waals surface area contributed by atoms with Crippen LogP contribution in [0.4, 0.5) is 0 Å². The molecule has 21 heavy (non-hydrogen) atoms. The monoisotopic (exact) mass is 295 g/mol. The average molecular weight is 295 g/mol. The smallest absolute Gasteiger partial charge is 0.239 e. The molecular weight excluding hydrogens is 266 g/mol. The van der Waals surface area contributed by atoms with E-state index in [1.165, 1.54) is 25.7 Å². The Morgan fingerprint density at radius 3 is 2.67 bits per heavy atom. The Hall–Kier alpha value is -0.650. The molecular formula is C16H29N3O2. The van der Waals surface area contributed by atoms with Crippen LogP contribution in [0.3, 0.4) is 0 Å². The zero-order valence-electron chi connectivity index (χ0n) is 13.2. The second-order valence-corrected chi connectivity index (χ2v) is 6.77. The van der Waals surface area contributed by atoms with Gasteiger partial charge in [-0.15, -0.1) is 0 Å². The predicted octanol–water partition coefficient (Wildman–Crippen LogP) is 0.698. The molecule has 2 aliphatic heterocycles. The first kappa shape index (κ1) is 15.3. The molecule has 0 aromatic carbocycles. The van der Waals surface area contributed by atoms with Crippen LogP contribution in [0.5, 0.6) is 0 Å². The Bertz CT molecular complexity index is 341. The van der Waals surface area contributed by atoms with Gasteiger partial charge in [-0.05, 0) is 25.2 Å². The van der Waals surface area contributed by atoms with Crippen LogP contribution in [0, 0.1) is 5.92 Å². The maximum absolute atomic E-state index is 12.7. The Morgan fingerprint density at radius 2 is 1.95 bits per heavy atom. The number of carbonyl (C=O) groups excluding carboxylic acids is 1. The summed E-state index contributed by atoms with van der Waals surface area (Å²) < 4.78 is 5.12. The van der Waals surface area contributed by atoms with E-state index in [0.29, 0.717) is 11.9 Å². The molecule has 5 heteroatoms. The van der Waals surface area contributed by atoms with E-state index in [0.717, 1.165) is 51.7 Å². The average Bonchev–Trinajstić information content (AvgIpc) is 2.96. The van der Waals surface area contributed by atoms with Gasteiger partial charge in [-0.1, -0.05) is 12.8 Å². The largest absolute Gasteiger partial charge is 0.383 e. The summed E-state index contributed by atoms with van der Waals surface area (Å²) in [4.78, 5) is 17.1. The van der Waals surface area contributed by atoms with Crippen molar-refractivity contribution < 1.29 is 9.53 Å². The van der Waals surface area contributed by atoms with Crippen LogP contribution in [-0.4, -0.2) is 74.2 Å². The van der Waals surface area contributed by atoms with E-state index >= 15 is 0 Å². The molecule has 1 N–H and O–H groups in total. The van der Waals surface area contributed by atoms with Crippen LogP contribution in [0.15, 0.2) is 0 Å². The molecule has 3 unspecified atom stereocenters. The van der Waals surface area contributed by atoms with Gasteiger partial charge in [0.25, 0.3) is 0 Å². The van der Waals surface area contributed by atoms with E-state index in [1.807, 2.05) is 0 Å². The lowest BCUT2D eigenvalue weighted by Gasteiger charge is -2.35. The number of fused-ring (bicyclic) bond motifs is 1. The molecule has 2 saturated heterocycles. The van der Waals surface area contributed by atoms with Crippen molar-refractivity contribution in [3.8, 4) is 0 Å². The van der Waals surface area contributed by atoms with Crippen molar-refractivity contribution in [2.24, 2.45) is 5.92 Å². The molecule has 5 nitrogen and oxygen atoms in total. The zero-order valence-corrected chi connectivity index (χ0v) is 13.2. The predicted molar refractivity (Wildman–Crippen MR) is 82.2 cm³/mol. The van der Waals surface area contributed by atoms with Gasteiger partial charge in [-0.2, -0.15) is 0 Å². The van der Waals surface area contributed by atoms with Crippen LogP contribution in [0.25, 0.3) is 0 Å². The number of rotatable bonds is 4. The lowest BCUT2D eigenvalue weighted by Crippen LogP contribution is -2.53. The third kappa shape index (κ3) is 3.58. The number of methoxy groups -OCH3 is 1. The van der Waals surface area contributed by atoms with Gasteiger partial charge in [0.05, 0.1) is 12.6 Å². The first-order chi connectivity index (χ1) is 10.3. The third-order valence-corrected chi connectivity index (χ3v) is 5.46. The van der Waals surface area contributed by atoms with E-state index in [1.54, 1.807) is 7.11 Å². The normalized spacial score (nSPS) is 34.0. The first-order valence-electron chi connectivity index (χ1n) is 8.54. The first-order valence-corrected chi connectivity index (χ1v) is 8.54. The Morgan fingerprint density at radius 1 is 1.19 bits per heavy atom. The van der Waals surface area contributed by atoms with Crippen molar-refractivity contribution >= 4 is 5.91 Å². The number of hydrogen-bond acceptors (Lipinski definition) is 4. The lowest BCUT2D eigenvalue weighted by atomic mass is 9.85. The standard InChI is InChI=1S/C16H29N3O2/c1-21-11-10-18-6-8-19(9-7-18)16(20)15-12-13-4-2-3-5-14(13)17-15/h13-15,17H,2-12H2,1H3. The summed E-state index contributed by atoms with van der Waals surface area (Å²) in [5.74, 6) is 1.09. The van der Waals surface area contributed by atoms with Gasteiger partial charge in [-0.25, -0.2) is 0 Å². The number of hydrogen-bond donors (Lipinski definition) is 1. The van der Waals surface area contributed by atoms with E-state index in [2.05, 4.69) is 15.1 Å². The number of nitrogens with one attached hydrogen (secondary N) is 1. The summed E-state index contributed by atoms with van der Waals surface area (Å²) in [7, 11) is 1.74. The van der Waals surface area contributed by atoms with Crippen molar-refractivity contribution in [2.75, 3.05) is 46.4 Å². The zero-order chi connectivity index (χ0) is 14.7. The summed E-state index contributed by atoms with van der Waals surface area (Å²) in [6.45, 7) is 5.46. The lowest BCUT2D eigenvalue weighted by molar-refractivity contribution is -0.135. The number of amides is 1. The van der Waals surface area contributed by atoms with Crippen molar-refractivity contribution in [3.63, 3.8) is 0 Å². The molecule has 1 aliphatic carbocycles. The van der Waals surface area contributed by atoms with E-state index in [4.69, 9.17) is 4.74 Å². The number of piperazine rings is 1. The summed E-state index contributed by atoms with van der Waals surface area (Å²) >= 11 is 0. The van der Waals surface area contributed by atoms with Crippen LogP contribution < -0.4 is 5.32 Å². The molecule has 0 aromatic rings. The van der Waals surface area contributed by atoms with Crippen molar-refractivity contribution in [2.45, 2.75) is 44.2 Å². The van der Waals surface area contributed by atoms with E-state index in [9.17, 15) is 4.79 Å². The van der Waals surface area contributed by atoms with Crippen molar-refractivity contribution in [1.29, 1.82) is 0 Å². The van der Waals surface area contributed by atoms with E-state index < -0.39 is 0 Å². The Balaban J connectivity index is 1.46. The highest BCUT2D eigenvalue weighted by molar-refractivity contribution is 5.82. The second-order valence-electron chi connectivity index (χ2n) is 6.77. The number of ether oxygens (including phenoxy) is 1. The molecule has 3 aliphatic rings. The fourth-order valence-corrected chi connectivity index (χ4v) is 4.14. The quantitative estimate of drug-likeness (QED) is 0.829. The highest BCUT2D eigenvalue weighted by atomic mass is 16.5. The van der Waals surface area contributed by atoms with Crippen LogP contribution in [0.2, 0.25) is 0 Å².